The third-order valence-corrected chi connectivity index (χ3v) is 4.34. The smallest absolute Gasteiger partial charge is 0.295 e. The van der Waals surface area contributed by atoms with E-state index in [1.54, 1.807) is 7.11 Å². The van der Waals surface area contributed by atoms with E-state index in [4.69, 9.17) is 9.47 Å². The molecule has 0 N–H and O–H groups in total. The molecular formula is C18H26FN3O3. The molecule has 0 aromatic heterocycles. The maximum Gasteiger partial charge on any atom is 0.295 e. The summed E-state index contributed by atoms with van der Waals surface area (Å²) in [6.45, 7) is 2.70. The van der Waals surface area contributed by atoms with Crippen LogP contribution in [0, 0.1) is 5.82 Å². The van der Waals surface area contributed by atoms with Crippen molar-refractivity contribution < 1.29 is 18.7 Å². The fraction of sp³-hybridized carbons (Fsp3) is 0.556. The zero-order valence-corrected chi connectivity index (χ0v) is 15.1. The molecule has 0 spiro atoms. The highest BCUT2D eigenvalue weighted by molar-refractivity contribution is 6.01. The maximum atomic E-state index is 13.0. The molecule has 1 aromatic carbocycles. The first-order valence-corrected chi connectivity index (χ1v) is 8.43. The second-order valence-corrected chi connectivity index (χ2v) is 6.19. The number of rotatable bonds is 5. The van der Waals surface area contributed by atoms with Crippen molar-refractivity contribution in [3.8, 4) is 0 Å². The summed E-state index contributed by atoms with van der Waals surface area (Å²) in [4.78, 5) is 20.7. The van der Waals surface area contributed by atoms with Crippen LogP contribution in [0.2, 0.25) is 0 Å². The fourth-order valence-corrected chi connectivity index (χ4v) is 2.71. The van der Waals surface area contributed by atoms with E-state index in [1.165, 1.54) is 24.3 Å². The maximum absolute atomic E-state index is 13.0. The number of halogens is 1. The van der Waals surface area contributed by atoms with Gasteiger partial charge in [0.1, 0.15) is 12.4 Å². The molecule has 1 heterocycles. The Hall–Kier alpha value is -1.99. The lowest BCUT2D eigenvalue weighted by Gasteiger charge is -2.36. The third kappa shape index (κ3) is 5.79. The molecule has 0 aliphatic carbocycles. The molecule has 1 aliphatic heterocycles. The van der Waals surface area contributed by atoms with Crippen molar-refractivity contribution in [1.82, 2.24) is 9.80 Å². The molecular weight excluding hydrogens is 325 g/mol. The number of aliphatic imine (C=N–C) groups is 1. The van der Waals surface area contributed by atoms with Gasteiger partial charge in [-0.25, -0.2) is 4.39 Å². The second kappa shape index (κ2) is 9.48. The molecule has 0 unspecified atom stereocenters. The average molecular weight is 351 g/mol. The Balaban J connectivity index is 2.12. The predicted octanol–water partition coefficient (Wildman–Crippen LogP) is 2.01. The Labute approximate surface area is 148 Å². The lowest BCUT2D eigenvalue weighted by molar-refractivity contribution is 0.0965. The molecule has 0 bridgehead atoms. The number of benzene rings is 1. The van der Waals surface area contributed by atoms with Crippen molar-refractivity contribution in [2.24, 2.45) is 4.99 Å². The number of amidine groups is 1. The number of piperidine rings is 1. The highest BCUT2D eigenvalue weighted by atomic mass is 19.1. The Kier molecular flexibility index (Phi) is 7.33. The van der Waals surface area contributed by atoms with Gasteiger partial charge >= 0.3 is 0 Å². The van der Waals surface area contributed by atoms with Gasteiger partial charge in [0.2, 0.25) is 0 Å². The zero-order valence-electron chi connectivity index (χ0n) is 15.1. The summed E-state index contributed by atoms with van der Waals surface area (Å²) >= 11 is 0. The van der Waals surface area contributed by atoms with E-state index in [-0.39, 0.29) is 17.9 Å². The van der Waals surface area contributed by atoms with Gasteiger partial charge in [0.15, 0.2) is 0 Å². The van der Waals surface area contributed by atoms with Crippen LogP contribution >= 0.6 is 0 Å². The Morgan fingerprint density at radius 1 is 1.28 bits per heavy atom. The van der Waals surface area contributed by atoms with Gasteiger partial charge in [-0.2, -0.15) is 4.99 Å². The van der Waals surface area contributed by atoms with Gasteiger partial charge in [-0.05, 0) is 57.2 Å². The summed E-state index contributed by atoms with van der Waals surface area (Å²) in [6.07, 6.45) is 1.95. The monoisotopic (exact) mass is 351 g/mol. The largest absolute Gasteiger partial charge is 0.462 e. The lowest BCUT2D eigenvalue weighted by atomic mass is 10.0. The van der Waals surface area contributed by atoms with E-state index in [0.717, 1.165) is 25.9 Å². The van der Waals surface area contributed by atoms with Gasteiger partial charge in [-0.15, -0.1) is 0 Å². The zero-order chi connectivity index (χ0) is 18.2. The van der Waals surface area contributed by atoms with E-state index >= 15 is 0 Å². The summed E-state index contributed by atoms with van der Waals surface area (Å²) in [7, 11) is 5.57. The summed E-state index contributed by atoms with van der Waals surface area (Å²) in [5.41, 5.74) is 0.325. The Morgan fingerprint density at radius 2 is 1.92 bits per heavy atom. The van der Waals surface area contributed by atoms with Gasteiger partial charge in [0.25, 0.3) is 11.9 Å². The number of methoxy groups -OCH3 is 1. The van der Waals surface area contributed by atoms with Crippen LogP contribution in [0.25, 0.3) is 0 Å². The van der Waals surface area contributed by atoms with Gasteiger partial charge in [0, 0.05) is 25.8 Å². The minimum absolute atomic E-state index is 0.263. The molecule has 0 saturated carbocycles. The third-order valence-electron chi connectivity index (χ3n) is 4.34. The first-order chi connectivity index (χ1) is 12.0. The van der Waals surface area contributed by atoms with Crippen molar-refractivity contribution in [3.63, 3.8) is 0 Å². The van der Waals surface area contributed by atoms with Crippen molar-refractivity contribution in [3.05, 3.63) is 35.6 Å². The quantitative estimate of drug-likeness (QED) is 0.461. The van der Waals surface area contributed by atoms with E-state index in [9.17, 15) is 9.18 Å². The number of ether oxygens (including phenoxy) is 2. The van der Waals surface area contributed by atoms with E-state index in [2.05, 4.69) is 16.9 Å². The van der Waals surface area contributed by atoms with Crippen LogP contribution in [0.1, 0.15) is 23.2 Å². The number of carbonyl (C=O) groups excluding carboxylic acids is 1. The fourth-order valence-electron chi connectivity index (χ4n) is 2.71. The average Bonchev–Trinajstić information content (AvgIpc) is 2.61. The standard InChI is InChI=1S/C18H26FN3O3/c1-21-10-8-16(9-11-21)22(2)18(25-13-12-24-3)20-17(23)14-4-6-15(19)7-5-14/h4-7,16H,8-13H2,1-3H3. The molecule has 0 atom stereocenters. The van der Waals surface area contributed by atoms with Crippen LogP contribution in [0.3, 0.4) is 0 Å². The molecule has 138 valence electrons. The molecule has 0 radical (unpaired) electrons. The van der Waals surface area contributed by atoms with Crippen LogP contribution in [-0.2, 0) is 9.47 Å². The van der Waals surface area contributed by atoms with Gasteiger partial charge in [-0.1, -0.05) is 0 Å². The van der Waals surface area contributed by atoms with E-state index in [1.807, 2.05) is 11.9 Å². The molecule has 1 amide bonds. The molecule has 1 aromatic rings. The van der Waals surface area contributed by atoms with Gasteiger partial charge in [0.05, 0.1) is 6.61 Å². The molecule has 6 nitrogen and oxygen atoms in total. The van der Waals surface area contributed by atoms with Gasteiger partial charge in [-0.3, -0.25) is 4.79 Å². The molecule has 1 fully saturated rings. The lowest BCUT2D eigenvalue weighted by Crippen LogP contribution is -2.45. The summed E-state index contributed by atoms with van der Waals surface area (Å²) < 4.78 is 23.7. The molecule has 2 rings (SSSR count). The number of likely N-dealkylation sites (tertiary alicyclic amines) is 1. The van der Waals surface area contributed by atoms with Crippen LogP contribution in [-0.4, -0.2) is 75.3 Å². The summed E-state index contributed by atoms with van der Waals surface area (Å²) in [5.74, 6) is -0.840. The molecule has 7 heteroatoms. The normalized spacial score (nSPS) is 16.7. The highest BCUT2D eigenvalue weighted by Gasteiger charge is 2.24. The van der Waals surface area contributed by atoms with E-state index in [0.29, 0.717) is 18.8 Å². The first kappa shape index (κ1) is 19.3. The van der Waals surface area contributed by atoms with E-state index < -0.39 is 5.91 Å². The summed E-state index contributed by atoms with van der Waals surface area (Å²) in [5, 5.41) is 0. The number of nitrogens with zero attached hydrogens (tertiary/aromatic N) is 3. The second-order valence-electron chi connectivity index (χ2n) is 6.19. The minimum Gasteiger partial charge on any atom is -0.462 e. The molecule has 1 aliphatic rings. The number of amides is 1. The topological polar surface area (TPSA) is 54.4 Å². The highest BCUT2D eigenvalue weighted by Crippen LogP contribution is 2.15. The Bertz CT molecular complexity index is 584. The van der Waals surface area contributed by atoms with Crippen molar-refractivity contribution in [2.45, 2.75) is 18.9 Å². The SMILES string of the molecule is COCCOC(=NC(=O)c1ccc(F)cc1)N(C)C1CCN(C)CC1. The van der Waals surface area contributed by atoms with Crippen molar-refractivity contribution in [1.29, 1.82) is 0 Å². The number of hydrogen-bond acceptors (Lipinski definition) is 4. The molecule has 25 heavy (non-hydrogen) atoms. The van der Waals surface area contributed by atoms with Crippen LogP contribution < -0.4 is 0 Å². The minimum atomic E-state index is -0.452. The predicted molar refractivity (Wildman–Crippen MR) is 94.3 cm³/mol. The van der Waals surface area contributed by atoms with Crippen LogP contribution in [0.5, 0.6) is 0 Å². The van der Waals surface area contributed by atoms with Crippen LogP contribution in [0.4, 0.5) is 4.39 Å². The van der Waals surface area contributed by atoms with Crippen LogP contribution in [0.15, 0.2) is 29.3 Å². The molecule has 1 saturated heterocycles. The number of carbonyl (C=O) groups is 1. The van der Waals surface area contributed by atoms with Crippen molar-refractivity contribution in [2.75, 3.05) is 47.5 Å². The Morgan fingerprint density at radius 3 is 2.52 bits per heavy atom. The summed E-state index contributed by atoms with van der Waals surface area (Å²) in [6, 6.07) is 5.87. The number of hydrogen-bond donors (Lipinski definition) is 0. The first-order valence-electron chi connectivity index (χ1n) is 8.43. The van der Waals surface area contributed by atoms with Crippen molar-refractivity contribution >= 4 is 11.9 Å². The van der Waals surface area contributed by atoms with Gasteiger partial charge < -0.3 is 19.3 Å².